The van der Waals surface area contributed by atoms with Crippen LogP contribution in [0.5, 0.6) is 5.75 Å². The van der Waals surface area contributed by atoms with E-state index in [-0.39, 0.29) is 24.4 Å². The molecule has 174 valence electrons. The maximum atomic E-state index is 13.4. The van der Waals surface area contributed by atoms with Crippen LogP contribution in [0.4, 0.5) is 0 Å². The molecule has 33 heavy (non-hydrogen) atoms. The zero-order valence-electron chi connectivity index (χ0n) is 19.6. The fourth-order valence-corrected chi connectivity index (χ4v) is 3.58. The largest absolute Gasteiger partial charge is 0.497 e. The predicted molar refractivity (Wildman–Crippen MR) is 128 cm³/mol. The van der Waals surface area contributed by atoms with E-state index >= 15 is 0 Å². The van der Waals surface area contributed by atoms with E-state index in [0.29, 0.717) is 30.2 Å². The Morgan fingerprint density at radius 3 is 2.33 bits per heavy atom. The van der Waals surface area contributed by atoms with Crippen molar-refractivity contribution in [1.82, 2.24) is 9.80 Å². The van der Waals surface area contributed by atoms with E-state index in [9.17, 15) is 9.59 Å². The number of carbonyl (C=O) groups excluding carboxylic acids is 2. The Hall–Kier alpha value is -3.54. The molecule has 6 heteroatoms. The van der Waals surface area contributed by atoms with Crippen LogP contribution in [0.2, 0.25) is 0 Å². The molecule has 0 aliphatic rings. The summed E-state index contributed by atoms with van der Waals surface area (Å²) in [6, 6.07) is 20.6. The van der Waals surface area contributed by atoms with E-state index in [1.165, 1.54) is 0 Å². The number of amides is 2. The van der Waals surface area contributed by atoms with E-state index in [4.69, 9.17) is 9.15 Å². The lowest BCUT2D eigenvalue weighted by Crippen LogP contribution is -2.46. The molecule has 2 aromatic carbocycles. The van der Waals surface area contributed by atoms with Gasteiger partial charge < -0.3 is 19.0 Å². The van der Waals surface area contributed by atoms with Crippen molar-refractivity contribution in [3.8, 4) is 5.75 Å². The number of furan rings is 1. The van der Waals surface area contributed by atoms with Crippen molar-refractivity contribution in [3.63, 3.8) is 0 Å². The summed E-state index contributed by atoms with van der Waals surface area (Å²) in [5.74, 6) is 1.13. The standard InChI is InChI=1S/C27H32N2O4/c1-4-21(2)29(27(31)23-12-14-24(32-3)15-13-23)20-26(30)28(19-25-11-8-18-33-25)17-16-22-9-6-5-7-10-22/h5-15,18,21H,4,16-17,19-20H2,1-3H3/t21-/m1/s1. The minimum atomic E-state index is -0.165. The predicted octanol–water partition coefficient (Wildman–Crippen LogP) is 4.80. The molecule has 0 aliphatic heterocycles. The first-order valence-electron chi connectivity index (χ1n) is 11.3. The molecule has 1 heterocycles. The monoisotopic (exact) mass is 448 g/mol. The van der Waals surface area contributed by atoms with E-state index < -0.39 is 0 Å². The highest BCUT2D eigenvalue weighted by Gasteiger charge is 2.26. The maximum absolute atomic E-state index is 13.4. The lowest BCUT2D eigenvalue weighted by molar-refractivity contribution is -0.133. The van der Waals surface area contributed by atoms with Gasteiger partial charge in [0.15, 0.2) is 0 Å². The van der Waals surface area contributed by atoms with Crippen LogP contribution in [0.25, 0.3) is 0 Å². The minimum Gasteiger partial charge on any atom is -0.497 e. The van der Waals surface area contributed by atoms with Gasteiger partial charge in [-0.2, -0.15) is 0 Å². The first-order chi connectivity index (χ1) is 16.0. The number of ether oxygens (including phenoxy) is 1. The third kappa shape index (κ3) is 6.72. The quantitative estimate of drug-likeness (QED) is 0.423. The summed E-state index contributed by atoms with van der Waals surface area (Å²) in [5, 5.41) is 0. The summed E-state index contributed by atoms with van der Waals surface area (Å²) in [6.07, 6.45) is 3.08. The molecular formula is C27H32N2O4. The number of carbonyl (C=O) groups is 2. The number of nitrogens with zero attached hydrogens (tertiary/aromatic N) is 2. The third-order valence-corrected chi connectivity index (χ3v) is 5.82. The van der Waals surface area contributed by atoms with Crippen molar-refractivity contribution in [1.29, 1.82) is 0 Å². The zero-order valence-corrected chi connectivity index (χ0v) is 19.6. The summed E-state index contributed by atoms with van der Waals surface area (Å²) >= 11 is 0. The van der Waals surface area contributed by atoms with Crippen molar-refractivity contribution in [2.75, 3.05) is 20.2 Å². The fourth-order valence-electron chi connectivity index (χ4n) is 3.58. The van der Waals surface area contributed by atoms with Gasteiger partial charge in [-0.15, -0.1) is 0 Å². The second-order valence-corrected chi connectivity index (χ2v) is 8.05. The Morgan fingerprint density at radius 1 is 1.00 bits per heavy atom. The molecule has 3 aromatic rings. The van der Waals surface area contributed by atoms with E-state index in [2.05, 4.69) is 0 Å². The van der Waals surface area contributed by atoms with E-state index in [0.717, 1.165) is 18.4 Å². The van der Waals surface area contributed by atoms with Crippen LogP contribution in [0.1, 0.15) is 41.9 Å². The Morgan fingerprint density at radius 2 is 1.73 bits per heavy atom. The molecule has 0 fully saturated rings. The number of benzene rings is 2. The van der Waals surface area contributed by atoms with Crippen LogP contribution in [0.15, 0.2) is 77.4 Å². The molecule has 0 spiro atoms. The Labute approximate surface area is 195 Å². The van der Waals surface area contributed by atoms with Gasteiger partial charge in [-0.05, 0) is 61.7 Å². The van der Waals surface area contributed by atoms with Crippen LogP contribution in [0, 0.1) is 0 Å². The first kappa shape index (κ1) is 24.1. The Balaban J connectivity index is 1.76. The number of hydrogen-bond donors (Lipinski definition) is 0. The highest BCUT2D eigenvalue weighted by molar-refractivity contribution is 5.96. The smallest absolute Gasteiger partial charge is 0.254 e. The molecule has 0 saturated carbocycles. The molecule has 0 N–H and O–H groups in total. The summed E-state index contributed by atoms with van der Waals surface area (Å²) in [5.41, 5.74) is 1.69. The SMILES string of the molecule is CC[C@@H](C)N(CC(=O)N(CCc1ccccc1)Cc1ccco1)C(=O)c1ccc(OC)cc1. The minimum absolute atomic E-state index is 0.00929. The lowest BCUT2D eigenvalue weighted by Gasteiger charge is -2.31. The van der Waals surface area contributed by atoms with Crippen LogP contribution < -0.4 is 4.74 Å². The van der Waals surface area contributed by atoms with E-state index in [1.807, 2.05) is 56.3 Å². The highest BCUT2D eigenvalue weighted by atomic mass is 16.5. The van der Waals surface area contributed by atoms with Crippen molar-refractivity contribution in [2.24, 2.45) is 0 Å². The Kier molecular flexibility index (Phi) is 8.70. The molecule has 0 radical (unpaired) electrons. The van der Waals surface area contributed by atoms with Crippen molar-refractivity contribution in [3.05, 3.63) is 89.9 Å². The molecule has 0 aliphatic carbocycles. The van der Waals surface area contributed by atoms with Gasteiger partial charge in [0, 0.05) is 18.2 Å². The molecule has 0 unspecified atom stereocenters. The Bertz CT molecular complexity index is 1000. The van der Waals surface area contributed by atoms with Gasteiger partial charge in [-0.1, -0.05) is 37.3 Å². The van der Waals surface area contributed by atoms with Crippen LogP contribution in [-0.4, -0.2) is 47.9 Å². The molecule has 0 saturated heterocycles. The van der Waals surface area contributed by atoms with Crippen molar-refractivity contribution < 1.29 is 18.7 Å². The van der Waals surface area contributed by atoms with Crippen LogP contribution in [-0.2, 0) is 17.8 Å². The van der Waals surface area contributed by atoms with Crippen LogP contribution >= 0.6 is 0 Å². The zero-order chi connectivity index (χ0) is 23.6. The van der Waals surface area contributed by atoms with Gasteiger partial charge in [0.05, 0.1) is 19.9 Å². The second kappa shape index (κ2) is 11.9. The van der Waals surface area contributed by atoms with Gasteiger partial charge in [0.2, 0.25) is 5.91 Å². The number of rotatable bonds is 11. The topological polar surface area (TPSA) is 63.0 Å². The van der Waals surface area contributed by atoms with Gasteiger partial charge in [0.1, 0.15) is 18.1 Å². The summed E-state index contributed by atoms with van der Waals surface area (Å²) in [7, 11) is 1.59. The lowest BCUT2D eigenvalue weighted by atomic mass is 10.1. The summed E-state index contributed by atoms with van der Waals surface area (Å²) in [6.45, 7) is 4.89. The number of hydrogen-bond acceptors (Lipinski definition) is 4. The molecule has 3 rings (SSSR count). The van der Waals surface area contributed by atoms with Gasteiger partial charge in [-0.3, -0.25) is 9.59 Å². The summed E-state index contributed by atoms with van der Waals surface area (Å²) in [4.78, 5) is 30.1. The molecule has 0 bridgehead atoms. The maximum Gasteiger partial charge on any atom is 0.254 e. The molecule has 6 nitrogen and oxygen atoms in total. The second-order valence-electron chi connectivity index (χ2n) is 8.05. The number of methoxy groups -OCH3 is 1. The fraction of sp³-hybridized carbons (Fsp3) is 0.333. The van der Waals surface area contributed by atoms with Gasteiger partial charge in [-0.25, -0.2) is 0 Å². The van der Waals surface area contributed by atoms with Crippen molar-refractivity contribution >= 4 is 11.8 Å². The first-order valence-corrected chi connectivity index (χ1v) is 11.3. The normalized spacial score (nSPS) is 11.6. The molecule has 1 atom stereocenters. The molecular weight excluding hydrogens is 416 g/mol. The van der Waals surface area contributed by atoms with E-state index in [1.54, 1.807) is 47.4 Å². The van der Waals surface area contributed by atoms with Gasteiger partial charge >= 0.3 is 0 Å². The molecule has 2 amide bonds. The van der Waals surface area contributed by atoms with Gasteiger partial charge in [0.25, 0.3) is 5.91 Å². The molecule has 1 aromatic heterocycles. The highest BCUT2D eigenvalue weighted by Crippen LogP contribution is 2.17. The van der Waals surface area contributed by atoms with Crippen molar-refractivity contribution in [2.45, 2.75) is 39.3 Å². The summed E-state index contributed by atoms with van der Waals surface area (Å²) < 4.78 is 10.7. The average Bonchev–Trinajstić information content (AvgIpc) is 3.38. The third-order valence-electron chi connectivity index (χ3n) is 5.82. The average molecular weight is 449 g/mol. The van der Waals surface area contributed by atoms with Crippen LogP contribution in [0.3, 0.4) is 0 Å².